The Morgan fingerprint density at radius 3 is 2.68 bits per heavy atom. The maximum Gasteiger partial charge on any atom is 0.241 e. The van der Waals surface area contributed by atoms with Crippen LogP contribution in [-0.2, 0) is 19.4 Å². The van der Waals surface area contributed by atoms with E-state index in [0.717, 1.165) is 43.2 Å². The number of nitrogens with zero attached hydrogens (tertiary/aromatic N) is 4. The lowest BCUT2D eigenvalue weighted by atomic mass is 9.87. The second-order valence-corrected chi connectivity index (χ2v) is 8.56. The Hall–Kier alpha value is -2.90. The molecule has 160 valence electrons. The Labute approximate surface area is 181 Å². The van der Waals surface area contributed by atoms with Gasteiger partial charge in [0, 0.05) is 37.8 Å². The number of ether oxygens (including phenoxy) is 2. The van der Waals surface area contributed by atoms with Crippen LogP contribution in [0.1, 0.15) is 23.4 Å². The van der Waals surface area contributed by atoms with Gasteiger partial charge in [-0.1, -0.05) is 29.4 Å². The van der Waals surface area contributed by atoms with E-state index in [1.54, 1.807) is 0 Å². The molecule has 0 bridgehead atoms. The van der Waals surface area contributed by atoms with Gasteiger partial charge in [0.05, 0.1) is 6.54 Å². The van der Waals surface area contributed by atoms with Crippen molar-refractivity contribution in [3.63, 3.8) is 0 Å². The third kappa shape index (κ3) is 3.79. The summed E-state index contributed by atoms with van der Waals surface area (Å²) in [6.45, 7) is 5.19. The maximum atomic E-state index is 5.53. The third-order valence-corrected chi connectivity index (χ3v) is 6.70. The SMILES string of the molecule is c1ccc2c(c1)CC[C@@H](N1CCN(Cc3nc(-c4ccc5c(c4)OCO5)no3)CC1)C2. The zero-order valence-corrected chi connectivity index (χ0v) is 17.5. The predicted molar refractivity (Wildman–Crippen MR) is 115 cm³/mol. The van der Waals surface area contributed by atoms with Gasteiger partial charge in [0.2, 0.25) is 18.5 Å². The summed E-state index contributed by atoms with van der Waals surface area (Å²) in [6, 6.07) is 15.3. The van der Waals surface area contributed by atoms with Crippen molar-refractivity contribution in [3.8, 4) is 22.9 Å². The van der Waals surface area contributed by atoms with E-state index in [2.05, 4.69) is 44.2 Å². The van der Waals surface area contributed by atoms with Gasteiger partial charge in [0.1, 0.15) is 0 Å². The molecule has 3 aromatic rings. The zero-order chi connectivity index (χ0) is 20.6. The van der Waals surface area contributed by atoms with Gasteiger partial charge in [-0.05, 0) is 48.6 Å². The molecule has 7 heteroatoms. The molecule has 0 saturated carbocycles. The van der Waals surface area contributed by atoms with E-state index in [4.69, 9.17) is 14.0 Å². The van der Waals surface area contributed by atoms with Crippen molar-refractivity contribution in [3.05, 3.63) is 59.5 Å². The second-order valence-electron chi connectivity index (χ2n) is 8.56. The molecule has 3 heterocycles. The molecular formula is C24H26N4O3. The highest BCUT2D eigenvalue weighted by Gasteiger charge is 2.28. The molecular weight excluding hydrogens is 392 g/mol. The molecule has 1 saturated heterocycles. The van der Waals surface area contributed by atoms with Crippen molar-refractivity contribution in [1.29, 1.82) is 0 Å². The molecule has 1 atom stereocenters. The smallest absolute Gasteiger partial charge is 0.241 e. The molecule has 1 fully saturated rings. The van der Waals surface area contributed by atoms with Crippen molar-refractivity contribution in [2.24, 2.45) is 0 Å². The maximum absolute atomic E-state index is 5.53. The summed E-state index contributed by atoms with van der Waals surface area (Å²) in [6.07, 6.45) is 3.64. The van der Waals surface area contributed by atoms with Crippen LogP contribution in [0.25, 0.3) is 11.4 Å². The number of rotatable bonds is 4. The first-order chi connectivity index (χ1) is 15.3. The van der Waals surface area contributed by atoms with Gasteiger partial charge in [0.25, 0.3) is 0 Å². The van der Waals surface area contributed by atoms with Gasteiger partial charge in [0.15, 0.2) is 11.5 Å². The standard InChI is InChI=1S/C24H26N4O3/c1-2-4-18-13-20(7-5-17(18)3-1)28-11-9-27(10-12-28)15-23-25-24(26-31-23)19-6-8-21-22(14-19)30-16-29-21/h1-4,6,8,14,20H,5,7,9-13,15-16H2/t20-/m1/s1. The van der Waals surface area contributed by atoms with E-state index >= 15 is 0 Å². The minimum atomic E-state index is 0.260. The van der Waals surface area contributed by atoms with Crippen LogP contribution >= 0.6 is 0 Å². The zero-order valence-electron chi connectivity index (χ0n) is 17.5. The average molecular weight is 418 g/mol. The van der Waals surface area contributed by atoms with Gasteiger partial charge in [-0.25, -0.2) is 0 Å². The Balaban J connectivity index is 1.05. The monoisotopic (exact) mass is 418 g/mol. The van der Waals surface area contributed by atoms with Crippen molar-refractivity contribution < 1.29 is 14.0 Å². The lowest BCUT2D eigenvalue weighted by molar-refractivity contribution is 0.0795. The average Bonchev–Trinajstić information content (AvgIpc) is 3.48. The second kappa shape index (κ2) is 7.98. The van der Waals surface area contributed by atoms with E-state index in [0.29, 0.717) is 24.3 Å². The summed E-state index contributed by atoms with van der Waals surface area (Å²) < 4.78 is 16.3. The van der Waals surface area contributed by atoms with E-state index in [-0.39, 0.29) is 6.79 Å². The number of benzene rings is 2. The molecule has 6 rings (SSSR count). The molecule has 0 N–H and O–H groups in total. The molecule has 0 spiro atoms. The van der Waals surface area contributed by atoms with Crippen LogP contribution in [-0.4, -0.2) is 59.0 Å². The fourth-order valence-electron chi connectivity index (χ4n) is 4.94. The Kier molecular flexibility index (Phi) is 4.85. The number of fused-ring (bicyclic) bond motifs is 2. The highest BCUT2D eigenvalue weighted by atomic mass is 16.7. The number of aromatic nitrogens is 2. The summed E-state index contributed by atoms with van der Waals surface area (Å²) in [5.41, 5.74) is 3.94. The van der Waals surface area contributed by atoms with Crippen molar-refractivity contribution >= 4 is 0 Å². The highest BCUT2D eigenvalue weighted by molar-refractivity contribution is 5.61. The quantitative estimate of drug-likeness (QED) is 0.645. The lowest BCUT2D eigenvalue weighted by Gasteiger charge is -2.40. The topological polar surface area (TPSA) is 63.9 Å². The van der Waals surface area contributed by atoms with Crippen LogP contribution in [0, 0.1) is 0 Å². The first-order valence-electron chi connectivity index (χ1n) is 11.1. The van der Waals surface area contributed by atoms with E-state index in [1.807, 2.05) is 18.2 Å². The molecule has 7 nitrogen and oxygen atoms in total. The molecule has 2 aliphatic heterocycles. The van der Waals surface area contributed by atoms with Crippen LogP contribution < -0.4 is 9.47 Å². The number of aryl methyl sites for hydroxylation is 1. The van der Waals surface area contributed by atoms with Gasteiger partial charge in [-0.15, -0.1) is 0 Å². The van der Waals surface area contributed by atoms with E-state index < -0.39 is 0 Å². The van der Waals surface area contributed by atoms with Crippen LogP contribution in [0.4, 0.5) is 0 Å². The summed E-state index contributed by atoms with van der Waals surface area (Å²) in [7, 11) is 0. The molecule has 1 aromatic heterocycles. The van der Waals surface area contributed by atoms with Crippen molar-refractivity contribution in [1.82, 2.24) is 19.9 Å². The minimum absolute atomic E-state index is 0.260. The molecule has 31 heavy (non-hydrogen) atoms. The fourth-order valence-corrected chi connectivity index (χ4v) is 4.94. The van der Waals surface area contributed by atoms with Gasteiger partial charge < -0.3 is 14.0 Å². The number of hydrogen-bond donors (Lipinski definition) is 0. The lowest BCUT2D eigenvalue weighted by Crippen LogP contribution is -2.51. The normalized spacial score (nSPS) is 21.2. The largest absolute Gasteiger partial charge is 0.454 e. The highest BCUT2D eigenvalue weighted by Crippen LogP contribution is 2.35. The summed E-state index contributed by atoms with van der Waals surface area (Å²) in [4.78, 5) is 9.68. The van der Waals surface area contributed by atoms with Crippen LogP contribution in [0.3, 0.4) is 0 Å². The van der Waals surface area contributed by atoms with E-state index in [1.165, 1.54) is 30.4 Å². The fraction of sp³-hybridized carbons (Fsp3) is 0.417. The van der Waals surface area contributed by atoms with Crippen LogP contribution in [0.5, 0.6) is 11.5 Å². The van der Waals surface area contributed by atoms with Gasteiger partial charge in [-0.3, -0.25) is 9.80 Å². The summed E-state index contributed by atoms with van der Waals surface area (Å²) in [5.74, 6) is 2.73. The Bertz CT molecular complexity index is 1070. The van der Waals surface area contributed by atoms with Crippen molar-refractivity contribution in [2.45, 2.75) is 31.8 Å². The summed E-state index contributed by atoms with van der Waals surface area (Å²) in [5, 5.41) is 4.17. The van der Waals surface area contributed by atoms with Crippen molar-refractivity contribution in [2.75, 3.05) is 33.0 Å². The summed E-state index contributed by atoms with van der Waals surface area (Å²) >= 11 is 0. The predicted octanol–water partition coefficient (Wildman–Crippen LogP) is 3.14. The molecule has 0 amide bonds. The number of hydrogen-bond acceptors (Lipinski definition) is 7. The van der Waals surface area contributed by atoms with Gasteiger partial charge in [-0.2, -0.15) is 4.98 Å². The molecule has 2 aromatic carbocycles. The number of piperazine rings is 1. The van der Waals surface area contributed by atoms with Crippen LogP contribution in [0.15, 0.2) is 47.0 Å². The molecule has 3 aliphatic rings. The van der Waals surface area contributed by atoms with E-state index in [9.17, 15) is 0 Å². The molecule has 0 unspecified atom stereocenters. The third-order valence-electron chi connectivity index (χ3n) is 6.70. The van der Waals surface area contributed by atoms with Crippen LogP contribution in [0.2, 0.25) is 0 Å². The Morgan fingerprint density at radius 1 is 0.935 bits per heavy atom. The molecule has 0 radical (unpaired) electrons. The first kappa shape index (κ1) is 18.8. The minimum Gasteiger partial charge on any atom is -0.454 e. The Morgan fingerprint density at radius 2 is 1.77 bits per heavy atom. The molecule has 1 aliphatic carbocycles. The first-order valence-corrected chi connectivity index (χ1v) is 11.1. The van der Waals surface area contributed by atoms with Gasteiger partial charge >= 0.3 is 0 Å².